The lowest BCUT2D eigenvalue weighted by Crippen LogP contribution is -2.43. The van der Waals surface area contributed by atoms with Crippen molar-refractivity contribution in [2.75, 3.05) is 6.61 Å². The summed E-state index contributed by atoms with van der Waals surface area (Å²) in [4.78, 5) is 36.7. The van der Waals surface area contributed by atoms with Crippen LogP contribution in [0.25, 0.3) is 0 Å². The molecule has 0 aliphatic heterocycles. The highest BCUT2D eigenvalue weighted by Gasteiger charge is 2.21. The highest BCUT2D eigenvalue weighted by atomic mass is 16.4. The average molecular weight is 242 g/mol. The number of aliphatic carboxylic acids is 1. The van der Waals surface area contributed by atoms with Gasteiger partial charge in [0.15, 0.2) is 12.2 Å². The first kappa shape index (κ1) is 12.8. The maximum atomic E-state index is 11.4. The van der Waals surface area contributed by atoms with Crippen LogP contribution in [0.15, 0.2) is 17.1 Å². The van der Waals surface area contributed by atoms with Crippen molar-refractivity contribution in [3.05, 3.63) is 18.4 Å². The van der Waals surface area contributed by atoms with Crippen LogP contribution in [-0.2, 0) is 9.59 Å². The second-order valence-electron chi connectivity index (χ2n) is 3.11. The fourth-order valence-electron chi connectivity index (χ4n) is 1.02. The van der Waals surface area contributed by atoms with Crippen molar-refractivity contribution < 1.29 is 29.0 Å². The Labute approximate surface area is 95.3 Å². The molecule has 0 unspecified atom stereocenters. The molecule has 0 aromatic carbocycles. The maximum absolute atomic E-state index is 11.4. The summed E-state index contributed by atoms with van der Waals surface area (Å²) >= 11 is 0. The topological polar surface area (TPSA) is 130 Å². The zero-order valence-electron chi connectivity index (χ0n) is 8.62. The van der Waals surface area contributed by atoms with Crippen LogP contribution < -0.4 is 5.32 Å². The van der Waals surface area contributed by atoms with Crippen LogP contribution in [0, 0.1) is 0 Å². The molecule has 3 N–H and O–H groups in total. The number of carboxylic acid groups (broad SMARTS) is 1. The number of ketones is 1. The third-order valence-corrected chi connectivity index (χ3v) is 1.86. The normalized spacial score (nSPS) is 11.8. The second kappa shape index (κ2) is 5.75. The summed E-state index contributed by atoms with van der Waals surface area (Å²) in [5.41, 5.74) is -0.0176. The molecular formula is C9H10N2O6. The number of aliphatic hydroxyl groups excluding tert-OH is 1. The van der Waals surface area contributed by atoms with Gasteiger partial charge >= 0.3 is 5.97 Å². The van der Waals surface area contributed by atoms with E-state index in [4.69, 9.17) is 10.2 Å². The molecule has 1 heterocycles. The fraction of sp³-hybridized carbons (Fsp3) is 0.333. The van der Waals surface area contributed by atoms with Crippen LogP contribution >= 0.6 is 0 Å². The Morgan fingerprint density at radius 3 is 2.65 bits per heavy atom. The number of carbonyl (C=O) groups is 3. The standard InChI is InChI=1S/C9H10N2O6/c12-2-5(9(15)16)11-8(14)1-7(13)6-3-17-4-10-6/h3-5,12H,1-2H2,(H,11,14)(H,15,16)/t5-/m0/s1. The summed E-state index contributed by atoms with van der Waals surface area (Å²) in [7, 11) is 0. The fourth-order valence-corrected chi connectivity index (χ4v) is 1.02. The third-order valence-electron chi connectivity index (χ3n) is 1.86. The van der Waals surface area contributed by atoms with Crippen molar-refractivity contribution in [3.63, 3.8) is 0 Å². The Morgan fingerprint density at radius 1 is 1.47 bits per heavy atom. The van der Waals surface area contributed by atoms with Crippen molar-refractivity contribution in [2.45, 2.75) is 12.5 Å². The molecule has 92 valence electrons. The molecule has 0 fully saturated rings. The molecule has 1 aromatic heterocycles. The number of nitrogens with one attached hydrogen (secondary N) is 1. The van der Waals surface area contributed by atoms with E-state index < -0.39 is 36.7 Å². The van der Waals surface area contributed by atoms with E-state index in [-0.39, 0.29) is 5.69 Å². The summed E-state index contributed by atoms with van der Waals surface area (Å²) in [5.74, 6) is -2.78. The first-order valence-electron chi connectivity index (χ1n) is 4.59. The Kier molecular flexibility index (Phi) is 4.35. The molecule has 8 heteroatoms. The van der Waals surface area contributed by atoms with Crippen molar-refractivity contribution >= 4 is 17.7 Å². The molecule has 0 saturated carbocycles. The van der Waals surface area contributed by atoms with E-state index in [1.54, 1.807) is 0 Å². The Bertz CT molecular complexity index is 413. The number of rotatable bonds is 6. The number of aromatic nitrogens is 1. The second-order valence-corrected chi connectivity index (χ2v) is 3.11. The third kappa shape index (κ3) is 3.68. The lowest BCUT2D eigenvalue weighted by atomic mass is 10.2. The number of hydrogen-bond donors (Lipinski definition) is 3. The minimum absolute atomic E-state index is 0.0176. The smallest absolute Gasteiger partial charge is 0.328 e. The monoisotopic (exact) mass is 242 g/mol. The first-order valence-corrected chi connectivity index (χ1v) is 4.59. The molecule has 0 aliphatic rings. The number of Topliss-reactive ketones (excluding diaryl/α,β-unsaturated/α-hetero) is 1. The molecule has 8 nitrogen and oxygen atoms in total. The number of hydrogen-bond acceptors (Lipinski definition) is 6. The van der Waals surface area contributed by atoms with Crippen LogP contribution in [-0.4, -0.2) is 45.5 Å². The molecule has 1 aromatic rings. The number of nitrogens with zero attached hydrogens (tertiary/aromatic N) is 1. The van der Waals surface area contributed by atoms with Gasteiger partial charge in [-0.25, -0.2) is 9.78 Å². The summed E-state index contributed by atoms with van der Waals surface area (Å²) in [6, 6.07) is -1.42. The Hall–Kier alpha value is -2.22. The van der Waals surface area contributed by atoms with Gasteiger partial charge in [0.1, 0.15) is 18.0 Å². The van der Waals surface area contributed by atoms with Gasteiger partial charge in [0, 0.05) is 0 Å². The largest absolute Gasteiger partial charge is 0.480 e. The van der Waals surface area contributed by atoms with Gasteiger partial charge in [-0.3, -0.25) is 9.59 Å². The molecule has 17 heavy (non-hydrogen) atoms. The van der Waals surface area contributed by atoms with Crippen molar-refractivity contribution in [3.8, 4) is 0 Å². The van der Waals surface area contributed by atoms with Gasteiger partial charge in [-0.05, 0) is 0 Å². The van der Waals surface area contributed by atoms with Crippen LogP contribution in [0.4, 0.5) is 0 Å². The number of carbonyl (C=O) groups excluding carboxylic acids is 2. The van der Waals surface area contributed by atoms with Gasteiger partial charge < -0.3 is 19.9 Å². The van der Waals surface area contributed by atoms with E-state index in [1.807, 2.05) is 5.32 Å². The van der Waals surface area contributed by atoms with E-state index in [1.165, 1.54) is 0 Å². The lowest BCUT2D eigenvalue weighted by molar-refractivity contribution is -0.142. The molecule has 0 bridgehead atoms. The summed E-state index contributed by atoms with van der Waals surface area (Å²) in [5, 5.41) is 19.2. The van der Waals surface area contributed by atoms with Gasteiger partial charge in [-0.15, -0.1) is 0 Å². The molecule has 0 aliphatic carbocycles. The van der Waals surface area contributed by atoms with Crippen molar-refractivity contribution in [1.82, 2.24) is 10.3 Å². The summed E-state index contributed by atoms with van der Waals surface area (Å²) < 4.78 is 4.56. The molecule has 1 amide bonds. The number of carboxylic acids is 1. The molecular weight excluding hydrogens is 232 g/mol. The van der Waals surface area contributed by atoms with Crippen LogP contribution in [0.2, 0.25) is 0 Å². The highest BCUT2D eigenvalue weighted by Crippen LogP contribution is 2.00. The number of oxazole rings is 1. The maximum Gasteiger partial charge on any atom is 0.328 e. The van der Waals surface area contributed by atoms with Crippen LogP contribution in [0.3, 0.4) is 0 Å². The van der Waals surface area contributed by atoms with E-state index in [2.05, 4.69) is 9.40 Å². The highest BCUT2D eigenvalue weighted by molar-refractivity contribution is 6.06. The van der Waals surface area contributed by atoms with Gasteiger partial charge in [0.25, 0.3) is 0 Å². The Morgan fingerprint density at radius 2 is 2.18 bits per heavy atom. The van der Waals surface area contributed by atoms with Crippen molar-refractivity contribution in [2.24, 2.45) is 0 Å². The zero-order valence-corrected chi connectivity index (χ0v) is 8.62. The quantitative estimate of drug-likeness (QED) is 0.422. The first-order chi connectivity index (χ1) is 8.04. The van der Waals surface area contributed by atoms with Gasteiger partial charge in [0.05, 0.1) is 13.0 Å². The predicted molar refractivity (Wildman–Crippen MR) is 52.1 cm³/mol. The van der Waals surface area contributed by atoms with E-state index >= 15 is 0 Å². The van der Waals surface area contributed by atoms with Gasteiger partial charge in [-0.2, -0.15) is 0 Å². The lowest BCUT2D eigenvalue weighted by Gasteiger charge is -2.10. The summed E-state index contributed by atoms with van der Waals surface area (Å²) in [6.45, 7) is -0.751. The predicted octanol–water partition coefficient (Wildman–Crippen LogP) is -1.19. The van der Waals surface area contributed by atoms with E-state index in [0.29, 0.717) is 0 Å². The number of aliphatic hydroxyl groups is 1. The van der Waals surface area contributed by atoms with Crippen molar-refractivity contribution in [1.29, 1.82) is 0 Å². The van der Waals surface area contributed by atoms with E-state index in [0.717, 1.165) is 12.7 Å². The molecule has 0 spiro atoms. The minimum Gasteiger partial charge on any atom is -0.480 e. The zero-order chi connectivity index (χ0) is 12.8. The molecule has 1 atom stereocenters. The molecule has 0 radical (unpaired) electrons. The molecule has 0 saturated heterocycles. The van der Waals surface area contributed by atoms with Crippen LogP contribution in [0.1, 0.15) is 16.9 Å². The number of amides is 1. The summed E-state index contributed by atoms with van der Waals surface area (Å²) in [6.07, 6.45) is 1.56. The molecule has 1 rings (SSSR count). The van der Waals surface area contributed by atoms with Gasteiger partial charge in [-0.1, -0.05) is 0 Å². The Balaban J connectivity index is 2.50. The van der Waals surface area contributed by atoms with Crippen LogP contribution in [0.5, 0.6) is 0 Å². The van der Waals surface area contributed by atoms with Gasteiger partial charge in [0.2, 0.25) is 5.91 Å². The minimum atomic E-state index is -1.42. The SMILES string of the molecule is O=C(CC(=O)c1cocn1)N[C@@H](CO)C(=O)O. The average Bonchev–Trinajstić information content (AvgIpc) is 2.78. The van der Waals surface area contributed by atoms with E-state index in [9.17, 15) is 14.4 Å².